The molecule has 0 aliphatic rings. The third kappa shape index (κ3) is 3.12. The lowest BCUT2D eigenvalue weighted by molar-refractivity contribution is 0.628. The van der Waals surface area contributed by atoms with Crippen molar-refractivity contribution in [1.29, 1.82) is 0 Å². The van der Waals surface area contributed by atoms with Crippen LogP contribution in [0.25, 0.3) is 10.6 Å². The molecule has 0 spiro atoms. The van der Waals surface area contributed by atoms with E-state index in [9.17, 15) is 4.39 Å². The van der Waals surface area contributed by atoms with Crippen LogP contribution in [0.3, 0.4) is 0 Å². The van der Waals surface area contributed by atoms with E-state index < -0.39 is 0 Å². The predicted molar refractivity (Wildman–Crippen MR) is 86.9 cm³/mol. The summed E-state index contributed by atoms with van der Waals surface area (Å²) in [7, 11) is 0. The number of aromatic nitrogens is 3. The molecule has 0 radical (unpaired) electrons. The molecular formula is C16H15FN4S. The lowest BCUT2D eigenvalue weighted by atomic mass is 10.3. The summed E-state index contributed by atoms with van der Waals surface area (Å²) >= 11 is 1.65. The third-order valence-electron chi connectivity index (χ3n) is 3.13. The van der Waals surface area contributed by atoms with Gasteiger partial charge in [-0.2, -0.15) is 0 Å². The Hall–Kier alpha value is -2.34. The average Bonchev–Trinajstić information content (AvgIpc) is 2.91. The molecule has 1 aromatic carbocycles. The minimum atomic E-state index is -0.271. The number of anilines is 2. The molecule has 22 heavy (non-hydrogen) atoms. The van der Waals surface area contributed by atoms with E-state index in [1.807, 2.05) is 13.0 Å². The molecule has 4 nitrogen and oxygen atoms in total. The van der Waals surface area contributed by atoms with E-state index in [2.05, 4.69) is 27.2 Å². The van der Waals surface area contributed by atoms with Crippen molar-refractivity contribution in [2.75, 3.05) is 5.32 Å². The molecule has 112 valence electrons. The summed E-state index contributed by atoms with van der Waals surface area (Å²) in [5, 5.41) is 4.17. The van der Waals surface area contributed by atoms with Crippen LogP contribution in [0.5, 0.6) is 0 Å². The highest BCUT2D eigenvalue weighted by Gasteiger charge is 2.11. The second kappa shape index (κ2) is 6.19. The van der Waals surface area contributed by atoms with Gasteiger partial charge in [0, 0.05) is 11.9 Å². The van der Waals surface area contributed by atoms with Crippen molar-refractivity contribution in [2.24, 2.45) is 0 Å². The second-order valence-electron chi connectivity index (χ2n) is 4.77. The van der Waals surface area contributed by atoms with Gasteiger partial charge in [0.1, 0.15) is 5.82 Å². The molecule has 0 fully saturated rings. The molecule has 3 rings (SSSR count). The van der Waals surface area contributed by atoms with Crippen LogP contribution in [-0.4, -0.2) is 15.0 Å². The first kappa shape index (κ1) is 14.6. The number of hydrogen-bond donors (Lipinski definition) is 1. The number of nitrogens with one attached hydrogen (secondary N) is 1. The van der Waals surface area contributed by atoms with Crippen molar-refractivity contribution in [2.45, 2.75) is 20.3 Å². The molecule has 2 heterocycles. The van der Waals surface area contributed by atoms with Crippen LogP contribution in [0.2, 0.25) is 0 Å². The van der Waals surface area contributed by atoms with Gasteiger partial charge in [-0.05, 0) is 43.7 Å². The Morgan fingerprint density at radius 2 is 1.91 bits per heavy atom. The highest BCUT2D eigenvalue weighted by Crippen LogP contribution is 2.29. The molecule has 0 aliphatic carbocycles. The van der Waals surface area contributed by atoms with Gasteiger partial charge in [0.05, 0.1) is 21.3 Å². The number of hydrogen-bond acceptors (Lipinski definition) is 5. The molecule has 0 bridgehead atoms. The highest BCUT2D eigenvalue weighted by molar-refractivity contribution is 7.15. The summed E-state index contributed by atoms with van der Waals surface area (Å²) in [6.45, 7) is 4.07. The van der Waals surface area contributed by atoms with Gasteiger partial charge in [0.25, 0.3) is 0 Å². The first-order valence-corrected chi connectivity index (χ1v) is 7.79. The van der Waals surface area contributed by atoms with E-state index in [0.29, 0.717) is 5.95 Å². The molecule has 2 aromatic heterocycles. The number of nitrogens with zero attached hydrogens (tertiary/aromatic N) is 3. The molecule has 0 atom stereocenters. The summed E-state index contributed by atoms with van der Waals surface area (Å²) in [4.78, 5) is 14.3. The normalized spacial score (nSPS) is 10.7. The Kier molecular flexibility index (Phi) is 4.11. The SMILES string of the molecule is CCc1nc(C)c(-c2ccnc(Nc3ccc(F)cc3)n2)s1. The van der Waals surface area contributed by atoms with Gasteiger partial charge in [-0.25, -0.2) is 19.3 Å². The standard InChI is InChI=1S/C16H15FN4S/c1-3-14-19-10(2)15(22-14)13-8-9-18-16(21-13)20-12-6-4-11(17)5-7-12/h4-9H,3H2,1-2H3,(H,18,20,21). The molecule has 0 unspecified atom stereocenters. The summed E-state index contributed by atoms with van der Waals surface area (Å²) in [6, 6.07) is 7.97. The zero-order chi connectivity index (χ0) is 15.5. The Balaban J connectivity index is 1.88. The number of thiazole rings is 1. The second-order valence-corrected chi connectivity index (χ2v) is 5.86. The molecule has 3 aromatic rings. The van der Waals surface area contributed by atoms with E-state index in [1.165, 1.54) is 12.1 Å². The molecule has 0 aliphatic heterocycles. The van der Waals surface area contributed by atoms with Crippen molar-refractivity contribution in [1.82, 2.24) is 15.0 Å². The third-order valence-corrected chi connectivity index (χ3v) is 4.46. The lowest BCUT2D eigenvalue weighted by Gasteiger charge is -2.06. The van der Waals surface area contributed by atoms with Crippen LogP contribution in [0.4, 0.5) is 16.0 Å². The maximum atomic E-state index is 12.9. The fourth-order valence-corrected chi connectivity index (χ4v) is 3.02. The van der Waals surface area contributed by atoms with Crippen molar-refractivity contribution in [3.8, 4) is 10.6 Å². The highest BCUT2D eigenvalue weighted by atomic mass is 32.1. The van der Waals surface area contributed by atoms with Crippen LogP contribution in [0.1, 0.15) is 17.6 Å². The molecule has 0 amide bonds. The van der Waals surface area contributed by atoms with Gasteiger partial charge in [-0.1, -0.05) is 6.92 Å². The average molecular weight is 314 g/mol. The minimum Gasteiger partial charge on any atom is -0.324 e. The number of benzene rings is 1. The van der Waals surface area contributed by atoms with E-state index in [4.69, 9.17) is 0 Å². The Morgan fingerprint density at radius 3 is 2.59 bits per heavy atom. The van der Waals surface area contributed by atoms with Gasteiger partial charge < -0.3 is 5.32 Å². The van der Waals surface area contributed by atoms with Crippen LogP contribution in [-0.2, 0) is 6.42 Å². The topological polar surface area (TPSA) is 50.7 Å². The monoisotopic (exact) mass is 314 g/mol. The van der Waals surface area contributed by atoms with Crippen LogP contribution in [0.15, 0.2) is 36.5 Å². The van der Waals surface area contributed by atoms with Gasteiger partial charge in [0.2, 0.25) is 5.95 Å². The molecule has 0 saturated heterocycles. The Bertz CT molecular complexity index is 783. The van der Waals surface area contributed by atoms with Crippen molar-refractivity contribution in [3.63, 3.8) is 0 Å². The Labute approximate surface area is 132 Å². The van der Waals surface area contributed by atoms with Gasteiger partial charge in [-0.3, -0.25) is 0 Å². The Morgan fingerprint density at radius 1 is 1.14 bits per heavy atom. The zero-order valence-corrected chi connectivity index (χ0v) is 13.1. The van der Waals surface area contributed by atoms with E-state index in [-0.39, 0.29) is 5.82 Å². The summed E-state index contributed by atoms with van der Waals surface area (Å²) in [5.74, 6) is 0.211. The summed E-state index contributed by atoms with van der Waals surface area (Å²) in [6.07, 6.45) is 2.62. The summed E-state index contributed by atoms with van der Waals surface area (Å²) < 4.78 is 12.9. The van der Waals surface area contributed by atoms with Crippen molar-refractivity contribution < 1.29 is 4.39 Å². The van der Waals surface area contributed by atoms with Crippen LogP contribution < -0.4 is 5.32 Å². The first-order valence-electron chi connectivity index (χ1n) is 6.98. The van der Waals surface area contributed by atoms with Crippen molar-refractivity contribution in [3.05, 3.63) is 53.0 Å². The summed E-state index contributed by atoms with van der Waals surface area (Å²) in [5.41, 5.74) is 2.57. The van der Waals surface area contributed by atoms with Gasteiger partial charge in [0.15, 0.2) is 0 Å². The smallest absolute Gasteiger partial charge is 0.227 e. The molecule has 6 heteroatoms. The molecular weight excluding hydrogens is 299 g/mol. The van der Waals surface area contributed by atoms with Gasteiger partial charge >= 0.3 is 0 Å². The van der Waals surface area contributed by atoms with Crippen LogP contribution in [0, 0.1) is 12.7 Å². The largest absolute Gasteiger partial charge is 0.324 e. The first-order chi connectivity index (χ1) is 10.7. The van der Waals surface area contributed by atoms with Crippen molar-refractivity contribution >= 4 is 23.0 Å². The maximum Gasteiger partial charge on any atom is 0.227 e. The molecule has 1 N–H and O–H groups in total. The molecule has 0 saturated carbocycles. The minimum absolute atomic E-state index is 0.271. The fraction of sp³-hybridized carbons (Fsp3) is 0.188. The quantitative estimate of drug-likeness (QED) is 0.777. The fourth-order valence-electron chi connectivity index (χ4n) is 2.05. The maximum absolute atomic E-state index is 12.9. The van der Waals surface area contributed by atoms with E-state index in [1.54, 1.807) is 29.7 Å². The van der Waals surface area contributed by atoms with E-state index in [0.717, 1.165) is 33.4 Å². The van der Waals surface area contributed by atoms with E-state index >= 15 is 0 Å². The van der Waals surface area contributed by atoms with Crippen LogP contribution >= 0.6 is 11.3 Å². The zero-order valence-electron chi connectivity index (χ0n) is 12.3. The lowest BCUT2D eigenvalue weighted by Crippen LogP contribution is -1.97. The van der Waals surface area contributed by atoms with Gasteiger partial charge in [-0.15, -0.1) is 11.3 Å². The number of rotatable bonds is 4. The number of halogens is 1. The predicted octanol–water partition coefficient (Wildman–Crippen LogP) is 4.35. The number of aryl methyl sites for hydroxylation is 2.